The normalized spacial score (nSPS) is 8.00. The summed E-state index contributed by atoms with van der Waals surface area (Å²) in [7, 11) is 0. The first-order chi connectivity index (χ1) is 4.79. The number of benzene rings is 1. The van der Waals surface area contributed by atoms with Crippen LogP contribution in [0.1, 0.15) is 0 Å². The first-order valence-corrected chi connectivity index (χ1v) is 2.84. The molecule has 1 amide bonds. The van der Waals surface area contributed by atoms with Gasteiger partial charge in [0.05, 0.1) is 0 Å². The highest BCUT2D eigenvalue weighted by Crippen LogP contribution is 2.03. The van der Waals surface area contributed by atoms with Gasteiger partial charge in [-0.15, -0.1) is 0 Å². The van der Waals surface area contributed by atoms with E-state index in [2.05, 4.69) is 5.32 Å². The summed E-state index contributed by atoms with van der Waals surface area (Å²) >= 11 is 0. The lowest BCUT2D eigenvalue weighted by Gasteiger charge is -1.96. The molecular formula is C7H9NO3. The molecule has 0 fully saturated rings. The first kappa shape index (κ1) is 9.45. The maximum Gasteiger partial charge on any atom is 0.409 e. The fraction of sp³-hybridized carbons (Fsp3) is 0. The maximum atomic E-state index is 10.1. The summed E-state index contributed by atoms with van der Waals surface area (Å²) in [5.74, 6) is 0. The van der Waals surface area contributed by atoms with E-state index >= 15 is 0 Å². The summed E-state index contributed by atoms with van der Waals surface area (Å²) < 4.78 is 0. The second kappa shape index (κ2) is 4.29. The van der Waals surface area contributed by atoms with Crippen LogP contribution in [0.2, 0.25) is 0 Å². The van der Waals surface area contributed by atoms with Gasteiger partial charge in [-0.3, -0.25) is 5.32 Å². The van der Waals surface area contributed by atoms with E-state index < -0.39 is 6.09 Å². The molecule has 0 saturated heterocycles. The molecule has 0 saturated carbocycles. The molecule has 4 heteroatoms. The monoisotopic (exact) mass is 155 g/mol. The first-order valence-electron chi connectivity index (χ1n) is 2.84. The topological polar surface area (TPSA) is 80.8 Å². The summed E-state index contributed by atoms with van der Waals surface area (Å²) in [5, 5.41) is 10.5. The van der Waals surface area contributed by atoms with Crippen LogP contribution in [-0.2, 0) is 0 Å². The molecule has 0 atom stereocenters. The van der Waals surface area contributed by atoms with Crippen molar-refractivity contribution in [2.75, 3.05) is 5.32 Å². The van der Waals surface area contributed by atoms with Crippen LogP contribution in [0.4, 0.5) is 10.5 Å². The number of amides is 1. The van der Waals surface area contributed by atoms with Crippen molar-refractivity contribution in [3.8, 4) is 0 Å². The number of anilines is 1. The number of nitrogens with one attached hydrogen (secondary N) is 1. The van der Waals surface area contributed by atoms with E-state index in [1.807, 2.05) is 6.07 Å². The molecule has 11 heavy (non-hydrogen) atoms. The Kier molecular flexibility index (Phi) is 3.69. The largest absolute Gasteiger partial charge is 0.465 e. The summed E-state index contributed by atoms with van der Waals surface area (Å²) in [6, 6.07) is 8.74. The molecule has 1 aromatic rings. The van der Waals surface area contributed by atoms with Gasteiger partial charge in [0.2, 0.25) is 0 Å². The molecule has 0 aliphatic heterocycles. The second-order valence-corrected chi connectivity index (χ2v) is 1.80. The Bertz CT molecular complexity index is 222. The van der Waals surface area contributed by atoms with Crippen molar-refractivity contribution in [2.45, 2.75) is 0 Å². The van der Waals surface area contributed by atoms with E-state index in [4.69, 9.17) is 5.11 Å². The average molecular weight is 155 g/mol. The summed E-state index contributed by atoms with van der Waals surface area (Å²) in [6.45, 7) is 0. The molecule has 0 aliphatic rings. The van der Waals surface area contributed by atoms with Gasteiger partial charge in [-0.2, -0.15) is 0 Å². The zero-order chi connectivity index (χ0) is 7.40. The number of rotatable bonds is 1. The SMILES string of the molecule is O.O=C(O)Nc1ccccc1. The van der Waals surface area contributed by atoms with E-state index in [0.29, 0.717) is 5.69 Å². The third-order valence-electron chi connectivity index (χ3n) is 1.03. The van der Waals surface area contributed by atoms with E-state index in [0.717, 1.165) is 0 Å². The third kappa shape index (κ3) is 3.22. The molecule has 0 radical (unpaired) electrons. The Morgan fingerprint density at radius 1 is 1.27 bits per heavy atom. The fourth-order valence-corrected chi connectivity index (χ4v) is 0.645. The number of carbonyl (C=O) groups is 1. The number of hydrogen-bond donors (Lipinski definition) is 2. The van der Waals surface area contributed by atoms with E-state index in [1.54, 1.807) is 24.3 Å². The minimum absolute atomic E-state index is 0. The average Bonchev–Trinajstić information content (AvgIpc) is 1.88. The van der Waals surface area contributed by atoms with Crippen molar-refractivity contribution in [3.63, 3.8) is 0 Å². The second-order valence-electron chi connectivity index (χ2n) is 1.80. The highest BCUT2D eigenvalue weighted by molar-refractivity contribution is 5.82. The lowest BCUT2D eigenvalue weighted by atomic mass is 10.3. The zero-order valence-electron chi connectivity index (χ0n) is 5.74. The van der Waals surface area contributed by atoms with Crippen molar-refractivity contribution >= 4 is 11.8 Å². The molecule has 4 N–H and O–H groups in total. The van der Waals surface area contributed by atoms with Crippen LogP contribution >= 0.6 is 0 Å². The lowest BCUT2D eigenvalue weighted by Crippen LogP contribution is -2.06. The van der Waals surface area contributed by atoms with Gasteiger partial charge in [0.15, 0.2) is 0 Å². The molecule has 1 rings (SSSR count). The van der Waals surface area contributed by atoms with Crippen molar-refractivity contribution in [1.82, 2.24) is 0 Å². The number of para-hydroxylation sites is 1. The molecule has 60 valence electrons. The van der Waals surface area contributed by atoms with Gasteiger partial charge in [-0.05, 0) is 12.1 Å². The Hall–Kier alpha value is -1.55. The number of carboxylic acid groups (broad SMARTS) is 1. The molecule has 1 aromatic carbocycles. The minimum atomic E-state index is -1.04. The van der Waals surface area contributed by atoms with Crippen LogP contribution in [-0.4, -0.2) is 16.7 Å². The van der Waals surface area contributed by atoms with Crippen molar-refractivity contribution in [3.05, 3.63) is 30.3 Å². The molecule has 0 aliphatic carbocycles. The Labute approximate surface area is 63.8 Å². The van der Waals surface area contributed by atoms with Crippen LogP contribution in [0.3, 0.4) is 0 Å². The van der Waals surface area contributed by atoms with Gasteiger partial charge in [-0.25, -0.2) is 4.79 Å². The summed E-state index contributed by atoms with van der Waals surface area (Å²) in [6.07, 6.45) is -1.04. The zero-order valence-corrected chi connectivity index (χ0v) is 5.74. The van der Waals surface area contributed by atoms with E-state index in [1.165, 1.54) is 0 Å². The Morgan fingerprint density at radius 3 is 2.27 bits per heavy atom. The highest BCUT2D eigenvalue weighted by Gasteiger charge is 1.92. The molecule has 0 spiro atoms. The summed E-state index contributed by atoms with van der Waals surface area (Å²) in [5.41, 5.74) is 0.593. The standard InChI is InChI=1S/C7H7NO2.H2O/c9-7(10)8-6-4-2-1-3-5-6;/h1-5,8H,(H,9,10);1H2. The van der Waals surface area contributed by atoms with Crippen LogP contribution in [0, 0.1) is 0 Å². The van der Waals surface area contributed by atoms with Crippen LogP contribution < -0.4 is 5.32 Å². The maximum absolute atomic E-state index is 10.1. The van der Waals surface area contributed by atoms with Gasteiger partial charge in [0.1, 0.15) is 0 Å². The molecule has 0 bridgehead atoms. The van der Waals surface area contributed by atoms with Crippen molar-refractivity contribution in [2.24, 2.45) is 0 Å². The molecule has 0 aromatic heterocycles. The molecule has 0 heterocycles. The van der Waals surface area contributed by atoms with Crippen LogP contribution in [0.15, 0.2) is 30.3 Å². The predicted octanol–water partition coefficient (Wildman–Crippen LogP) is 0.952. The quantitative estimate of drug-likeness (QED) is 0.633. The van der Waals surface area contributed by atoms with E-state index in [-0.39, 0.29) is 5.48 Å². The highest BCUT2D eigenvalue weighted by atomic mass is 16.4. The third-order valence-corrected chi connectivity index (χ3v) is 1.03. The summed E-state index contributed by atoms with van der Waals surface area (Å²) in [4.78, 5) is 10.1. The van der Waals surface area contributed by atoms with Crippen molar-refractivity contribution in [1.29, 1.82) is 0 Å². The van der Waals surface area contributed by atoms with Gasteiger partial charge >= 0.3 is 6.09 Å². The van der Waals surface area contributed by atoms with Crippen LogP contribution in [0.5, 0.6) is 0 Å². The van der Waals surface area contributed by atoms with Gasteiger partial charge in [0, 0.05) is 5.69 Å². The fourth-order valence-electron chi connectivity index (χ4n) is 0.645. The Morgan fingerprint density at radius 2 is 1.82 bits per heavy atom. The molecular weight excluding hydrogens is 146 g/mol. The predicted molar refractivity (Wildman–Crippen MR) is 41.7 cm³/mol. The Balaban J connectivity index is 0.000001000. The van der Waals surface area contributed by atoms with Crippen LogP contribution in [0.25, 0.3) is 0 Å². The smallest absolute Gasteiger partial charge is 0.409 e. The van der Waals surface area contributed by atoms with Gasteiger partial charge in [0.25, 0.3) is 0 Å². The number of hydrogen-bond acceptors (Lipinski definition) is 1. The minimum Gasteiger partial charge on any atom is -0.465 e. The lowest BCUT2D eigenvalue weighted by molar-refractivity contribution is 0.210. The molecule has 4 nitrogen and oxygen atoms in total. The van der Waals surface area contributed by atoms with Gasteiger partial charge < -0.3 is 10.6 Å². The van der Waals surface area contributed by atoms with E-state index in [9.17, 15) is 4.79 Å². The molecule has 0 unspecified atom stereocenters. The van der Waals surface area contributed by atoms with Gasteiger partial charge in [-0.1, -0.05) is 18.2 Å². The van der Waals surface area contributed by atoms with Crippen molar-refractivity contribution < 1.29 is 15.4 Å².